The maximum atomic E-state index is 12.4. The first-order valence-electron chi connectivity index (χ1n) is 20.3. The van der Waals surface area contributed by atoms with Crippen molar-refractivity contribution in [3.63, 3.8) is 0 Å². The lowest BCUT2D eigenvalue weighted by Gasteiger charge is -2.18. The van der Waals surface area contributed by atoms with Crippen LogP contribution in [0.1, 0.15) is 136 Å². The molecule has 0 spiro atoms. The molecule has 10 heteroatoms. The lowest BCUT2D eigenvalue weighted by Crippen LogP contribution is -2.29. The zero-order valence-electron chi connectivity index (χ0n) is 33.6. The molecule has 0 radical (unpaired) electrons. The van der Waals surface area contributed by atoms with E-state index in [0.717, 1.165) is 83.5 Å². The number of aliphatic hydroxyl groups excluding tert-OH is 1. The number of unbranched alkanes of at least 4 members (excludes halogenated alkanes) is 4. The van der Waals surface area contributed by atoms with E-state index < -0.39 is 32.5 Å². The van der Waals surface area contributed by atoms with Gasteiger partial charge in [-0.1, -0.05) is 136 Å². The summed E-state index contributed by atoms with van der Waals surface area (Å²) in [6, 6.07) is 0. The van der Waals surface area contributed by atoms with Crippen LogP contribution in [0.2, 0.25) is 0 Å². The average Bonchev–Trinajstić information content (AvgIpc) is 3.15. The van der Waals surface area contributed by atoms with E-state index in [1.165, 1.54) is 0 Å². The normalized spacial score (nSPS) is 14.2. The number of aliphatic hydroxyl groups is 1. The van der Waals surface area contributed by atoms with Gasteiger partial charge >= 0.3 is 19.8 Å². The van der Waals surface area contributed by atoms with Crippen LogP contribution in [0, 0.1) is 0 Å². The first-order chi connectivity index (χ1) is 26.7. The summed E-state index contributed by atoms with van der Waals surface area (Å²) in [6.45, 7) is 3.27. The number of hydrogen-bond donors (Lipinski definition) is 3. The molecular weight excluding hydrogens is 715 g/mol. The van der Waals surface area contributed by atoms with Gasteiger partial charge in [-0.05, 0) is 96.3 Å². The van der Waals surface area contributed by atoms with Gasteiger partial charge in [-0.3, -0.25) is 14.1 Å². The van der Waals surface area contributed by atoms with Crippen LogP contribution in [-0.4, -0.2) is 52.3 Å². The monoisotopic (exact) mass is 786 g/mol. The predicted octanol–water partition coefficient (Wildman–Crippen LogP) is 11.4. The van der Waals surface area contributed by atoms with E-state index in [4.69, 9.17) is 19.3 Å². The van der Waals surface area contributed by atoms with Gasteiger partial charge in [0.1, 0.15) is 6.61 Å². The number of hydrogen-bond acceptors (Lipinski definition) is 7. The molecule has 0 aliphatic rings. The predicted molar refractivity (Wildman–Crippen MR) is 226 cm³/mol. The third-order valence-corrected chi connectivity index (χ3v) is 8.32. The number of phosphoric acid groups is 1. The van der Waals surface area contributed by atoms with E-state index in [0.29, 0.717) is 25.7 Å². The van der Waals surface area contributed by atoms with Crippen molar-refractivity contribution in [2.75, 3.05) is 13.2 Å². The molecule has 0 amide bonds. The summed E-state index contributed by atoms with van der Waals surface area (Å²) < 4.78 is 26.3. The molecule has 0 heterocycles. The fraction of sp³-hybridized carbons (Fsp3) is 0.556. The van der Waals surface area contributed by atoms with Gasteiger partial charge < -0.3 is 24.4 Å². The number of allylic oxidation sites excluding steroid dienone is 17. The molecular formula is C45H71O9P. The molecule has 0 aromatic carbocycles. The minimum absolute atomic E-state index is 0.146. The van der Waals surface area contributed by atoms with Gasteiger partial charge in [-0.25, -0.2) is 4.57 Å². The zero-order valence-corrected chi connectivity index (χ0v) is 34.5. The molecule has 55 heavy (non-hydrogen) atoms. The smallest absolute Gasteiger partial charge is 0.462 e. The Labute approximate surface area is 332 Å². The van der Waals surface area contributed by atoms with Crippen molar-refractivity contribution in [2.24, 2.45) is 0 Å². The van der Waals surface area contributed by atoms with E-state index in [1.54, 1.807) is 0 Å². The maximum absolute atomic E-state index is 12.4. The lowest BCUT2D eigenvalue weighted by atomic mass is 10.1. The summed E-state index contributed by atoms with van der Waals surface area (Å²) >= 11 is 0. The molecule has 0 aromatic heterocycles. The summed E-state index contributed by atoms with van der Waals surface area (Å²) in [4.78, 5) is 42.8. The minimum atomic E-state index is -4.79. The minimum Gasteiger partial charge on any atom is -0.462 e. The van der Waals surface area contributed by atoms with Crippen LogP contribution in [0.4, 0.5) is 0 Å². The van der Waals surface area contributed by atoms with Gasteiger partial charge in [0.05, 0.1) is 12.7 Å². The summed E-state index contributed by atoms with van der Waals surface area (Å²) in [6.07, 6.45) is 51.6. The SMILES string of the molecule is CC/C=C\C/C=C\C/C=C\C/C=C\C/C=C\CCCCCC(=O)O[C@H](COC(=O)CCC/C=C\C/C=C\C/C=C\C/C=C\CC(O)CCC)COP(=O)(O)O. The van der Waals surface area contributed by atoms with Crippen LogP contribution in [0.15, 0.2) is 109 Å². The quantitative estimate of drug-likeness (QED) is 0.0248. The van der Waals surface area contributed by atoms with Crippen molar-refractivity contribution in [3.05, 3.63) is 109 Å². The summed E-state index contributed by atoms with van der Waals surface area (Å²) in [5.41, 5.74) is 0. The van der Waals surface area contributed by atoms with Crippen molar-refractivity contribution in [2.45, 2.75) is 148 Å². The molecule has 0 aliphatic heterocycles. The Bertz CT molecular complexity index is 1270. The second kappa shape index (κ2) is 38.9. The maximum Gasteiger partial charge on any atom is 0.469 e. The van der Waals surface area contributed by atoms with E-state index >= 15 is 0 Å². The molecule has 2 atom stereocenters. The Morgan fingerprint density at radius 1 is 0.564 bits per heavy atom. The number of carbonyl (C=O) groups is 2. The third-order valence-electron chi connectivity index (χ3n) is 7.83. The van der Waals surface area contributed by atoms with Crippen molar-refractivity contribution < 1.29 is 43.0 Å². The van der Waals surface area contributed by atoms with Crippen molar-refractivity contribution >= 4 is 19.8 Å². The first-order valence-corrected chi connectivity index (χ1v) is 21.8. The van der Waals surface area contributed by atoms with Gasteiger partial charge in [0, 0.05) is 12.8 Å². The van der Waals surface area contributed by atoms with Crippen LogP contribution in [0.3, 0.4) is 0 Å². The first kappa shape index (κ1) is 51.7. The van der Waals surface area contributed by atoms with E-state index in [2.05, 4.69) is 110 Å². The summed E-state index contributed by atoms with van der Waals surface area (Å²) in [7, 11) is -4.79. The second-order valence-corrected chi connectivity index (χ2v) is 14.3. The average molecular weight is 787 g/mol. The largest absolute Gasteiger partial charge is 0.469 e. The molecule has 0 bridgehead atoms. The van der Waals surface area contributed by atoms with Gasteiger partial charge in [-0.15, -0.1) is 0 Å². The highest BCUT2D eigenvalue weighted by Crippen LogP contribution is 2.36. The zero-order chi connectivity index (χ0) is 40.5. The highest BCUT2D eigenvalue weighted by Gasteiger charge is 2.22. The van der Waals surface area contributed by atoms with Gasteiger partial charge in [0.25, 0.3) is 0 Å². The fourth-order valence-corrected chi connectivity index (χ4v) is 5.24. The number of carbonyl (C=O) groups excluding carboxylic acids is 2. The summed E-state index contributed by atoms with van der Waals surface area (Å²) in [5.74, 6) is -1.02. The Kier molecular flexibility index (Phi) is 36.6. The molecule has 0 rings (SSSR count). The Hall–Kier alpha value is -3.33. The number of rotatable bonds is 35. The van der Waals surface area contributed by atoms with Crippen LogP contribution in [0.25, 0.3) is 0 Å². The van der Waals surface area contributed by atoms with Crippen LogP contribution < -0.4 is 0 Å². The standard InChI is InChI=1S/C45H71O9P/c1-3-5-6-7-8-9-10-11-12-13-14-15-16-19-23-26-29-32-35-39-45(48)54-43(41-53-55(49,50)51)40-52-44(47)38-34-31-28-25-22-20-17-18-21-24-27-30-33-37-42(46)36-4-2/h5-6,8-9,11-12,14-15,17,19-21,23-25,28,30,33,42-43,46H,3-4,7,10,13,16,18,22,26-27,29,31-32,34-41H2,1-2H3,(H2,49,50,51)/b6-5-,9-8-,12-11-,15-14-,20-17-,23-19-,24-21-,28-25-,33-30-/t42?,43-/m1/s1. The number of phosphoric ester groups is 1. The molecule has 3 N–H and O–H groups in total. The van der Waals surface area contributed by atoms with Gasteiger partial charge in [0.2, 0.25) is 0 Å². The molecule has 0 fully saturated rings. The number of esters is 2. The topological polar surface area (TPSA) is 140 Å². The highest BCUT2D eigenvalue weighted by atomic mass is 31.2. The van der Waals surface area contributed by atoms with Crippen LogP contribution in [0.5, 0.6) is 0 Å². The van der Waals surface area contributed by atoms with Gasteiger partial charge in [-0.2, -0.15) is 0 Å². The Morgan fingerprint density at radius 2 is 1.02 bits per heavy atom. The molecule has 0 aliphatic carbocycles. The summed E-state index contributed by atoms with van der Waals surface area (Å²) in [5, 5.41) is 9.70. The van der Waals surface area contributed by atoms with Crippen LogP contribution in [-0.2, 0) is 28.2 Å². The molecule has 0 saturated heterocycles. The van der Waals surface area contributed by atoms with Gasteiger partial charge in [0.15, 0.2) is 6.10 Å². The Morgan fingerprint density at radius 3 is 1.51 bits per heavy atom. The van der Waals surface area contributed by atoms with E-state index in [-0.39, 0.29) is 25.6 Å². The van der Waals surface area contributed by atoms with E-state index in [1.807, 2.05) is 18.2 Å². The molecule has 9 nitrogen and oxygen atoms in total. The molecule has 0 saturated carbocycles. The number of ether oxygens (including phenoxy) is 2. The second-order valence-electron chi connectivity index (χ2n) is 13.1. The Balaban J connectivity index is 4.15. The molecule has 1 unspecified atom stereocenters. The molecule has 310 valence electrons. The lowest BCUT2D eigenvalue weighted by molar-refractivity contribution is -0.161. The van der Waals surface area contributed by atoms with Crippen molar-refractivity contribution in [1.29, 1.82) is 0 Å². The van der Waals surface area contributed by atoms with Crippen LogP contribution >= 0.6 is 7.82 Å². The van der Waals surface area contributed by atoms with Crippen molar-refractivity contribution in [3.8, 4) is 0 Å². The third kappa shape index (κ3) is 41.7. The fourth-order valence-electron chi connectivity index (χ4n) is 4.88. The molecule has 0 aromatic rings. The van der Waals surface area contributed by atoms with Crippen molar-refractivity contribution in [1.82, 2.24) is 0 Å². The van der Waals surface area contributed by atoms with E-state index in [9.17, 15) is 19.3 Å². The highest BCUT2D eigenvalue weighted by molar-refractivity contribution is 7.46.